The SMILES string of the molecule is Cc1cnc(C=Cc2ncc(C(=O)O)c(C(C)C)n2)s1. The molecule has 1 N–H and O–H groups in total. The van der Waals surface area contributed by atoms with Crippen LogP contribution in [0.3, 0.4) is 0 Å². The Morgan fingerprint density at radius 2 is 2.05 bits per heavy atom. The predicted octanol–water partition coefficient (Wildman–Crippen LogP) is 3.23. The van der Waals surface area contributed by atoms with Crippen molar-refractivity contribution in [3.8, 4) is 0 Å². The summed E-state index contributed by atoms with van der Waals surface area (Å²) in [5, 5.41) is 9.98. The molecule has 2 rings (SSSR count). The molecule has 5 nitrogen and oxygen atoms in total. The number of hydrogen-bond acceptors (Lipinski definition) is 5. The van der Waals surface area contributed by atoms with Crippen LogP contribution in [0.1, 0.15) is 51.5 Å². The number of aromatic carboxylic acids is 1. The summed E-state index contributed by atoms with van der Waals surface area (Å²) in [5.74, 6) is -0.482. The van der Waals surface area contributed by atoms with Gasteiger partial charge in [0.1, 0.15) is 5.01 Å². The average molecular weight is 289 g/mol. The molecule has 0 amide bonds. The second-order valence-electron chi connectivity index (χ2n) is 4.63. The Bertz CT molecular complexity index is 662. The van der Waals surface area contributed by atoms with Gasteiger partial charge in [0.05, 0.1) is 11.3 Å². The van der Waals surface area contributed by atoms with Gasteiger partial charge in [-0.3, -0.25) is 0 Å². The molecule has 0 aliphatic heterocycles. The van der Waals surface area contributed by atoms with Gasteiger partial charge in [-0.2, -0.15) is 0 Å². The van der Waals surface area contributed by atoms with E-state index in [1.165, 1.54) is 6.20 Å². The fourth-order valence-electron chi connectivity index (χ4n) is 1.69. The van der Waals surface area contributed by atoms with Crippen molar-refractivity contribution in [3.63, 3.8) is 0 Å². The van der Waals surface area contributed by atoms with Crippen LogP contribution < -0.4 is 0 Å². The molecule has 0 atom stereocenters. The summed E-state index contributed by atoms with van der Waals surface area (Å²) in [5.41, 5.74) is 0.699. The molecule has 0 aliphatic rings. The number of aryl methyl sites for hydroxylation is 1. The van der Waals surface area contributed by atoms with Gasteiger partial charge in [-0.15, -0.1) is 11.3 Å². The lowest BCUT2D eigenvalue weighted by Crippen LogP contribution is -2.08. The Kier molecular flexibility index (Phi) is 4.24. The highest BCUT2D eigenvalue weighted by Gasteiger charge is 2.15. The molecular formula is C14H15N3O2S. The van der Waals surface area contributed by atoms with Gasteiger partial charge in [0, 0.05) is 17.3 Å². The topological polar surface area (TPSA) is 76.0 Å². The van der Waals surface area contributed by atoms with Crippen LogP contribution in [-0.4, -0.2) is 26.0 Å². The molecule has 0 saturated heterocycles. The first-order valence-corrected chi connectivity index (χ1v) is 6.99. The van der Waals surface area contributed by atoms with Crippen LogP contribution in [0.25, 0.3) is 12.2 Å². The molecule has 20 heavy (non-hydrogen) atoms. The highest BCUT2D eigenvalue weighted by Crippen LogP contribution is 2.18. The van der Waals surface area contributed by atoms with Gasteiger partial charge in [-0.25, -0.2) is 19.7 Å². The monoisotopic (exact) mass is 289 g/mol. The minimum absolute atomic E-state index is 0.0263. The first kappa shape index (κ1) is 14.3. The number of aromatic nitrogens is 3. The van der Waals surface area contributed by atoms with E-state index in [-0.39, 0.29) is 11.5 Å². The van der Waals surface area contributed by atoms with Gasteiger partial charge in [0.2, 0.25) is 0 Å². The van der Waals surface area contributed by atoms with Gasteiger partial charge in [-0.05, 0) is 25.0 Å². The van der Waals surface area contributed by atoms with Crippen molar-refractivity contribution in [1.82, 2.24) is 15.0 Å². The van der Waals surface area contributed by atoms with E-state index < -0.39 is 5.97 Å². The van der Waals surface area contributed by atoms with Crippen molar-refractivity contribution in [2.24, 2.45) is 0 Å². The third-order valence-corrected chi connectivity index (χ3v) is 3.51. The Balaban J connectivity index is 2.31. The zero-order valence-electron chi connectivity index (χ0n) is 11.5. The number of nitrogens with zero attached hydrogens (tertiary/aromatic N) is 3. The third-order valence-electron chi connectivity index (χ3n) is 2.63. The van der Waals surface area contributed by atoms with Gasteiger partial charge in [0.25, 0.3) is 0 Å². The molecule has 0 saturated carbocycles. The summed E-state index contributed by atoms with van der Waals surface area (Å²) >= 11 is 1.58. The summed E-state index contributed by atoms with van der Waals surface area (Å²) in [4.78, 5) is 24.8. The molecular weight excluding hydrogens is 274 g/mol. The van der Waals surface area contributed by atoms with Gasteiger partial charge >= 0.3 is 5.97 Å². The molecule has 2 aromatic rings. The zero-order chi connectivity index (χ0) is 14.7. The zero-order valence-corrected chi connectivity index (χ0v) is 12.3. The van der Waals surface area contributed by atoms with E-state index in [9.17, 15) is 4.79 Å². The van der Waals surface area contributed by atoms with Crippen molar-refractivity contribution in [2.45, 2.75) is 26.7 Å². The quantitative estimate of drug-likeness (QED) is 0.935. The Morgan fingerprint density at radius 1 is 1.30 bits per heavy atom. The van der Waals surface area contributed by atoms with Crippen LogP contribution in [0.2, 0.25) is 0 Å². The van der Waals surface area contributed by atoms with E-state index in [0.29, 0.717) is 11.5 Å². The molecule has 0 unspecified atom stereocenters. The lowest BCUT2D eigenvalue weighted by molar-refractivity contribution is 0.0694. The number of hydrogen-bond donors (Lipinski definition) is 1. The van der Waals surface area contributed by atoms with Crippen LogP contribution >= 0.6 is 11.3 Å². The molecule has 0 aromatic carbocycles. The van der Waals surface area contributed by atoms with Crippen molar-refractivity contribution in [1.29, 1.82) is 0 Å². The molecule has 0 fully saturated rings. The average Bonchev–Trinajstić information content (AvgIpc) is 2.81. The van der Waals surface area contributed by atoms with Gasteiger partial charge < -0.3 is 5.11 Å². The number of rotatable bonds is 4. The molecule has 0 spiro atoms. The van der Waals surface area contributed by atoms with Gasteiger partial charge in [0.15, 0.2) is 5.82 Å². The fourth-order valence-corrected chi connectivity index (χ4v) is 2.37. The van der Waals surface area contributed by atoms with E-state index >= 15 is 0 Å². The molecule has 104 valence electrons. The molecule has 0 radical (unpaired) electrons. The second-order valence-corrected chi connectivity index (χ2v) is 5.90. The summed E-state index contributed by atoms with van der Waals surface area (Å²) < 4.78 is 0. The first-order chi connectivity index (χ1) is 9.47. The summed E-state index contributed by atoms with van der Waals surface area (Å²) in [6.07, 6.45) is 6.74. The number of carboxylic acid groups (broad SMARTS) is 1. The normalized spacial score (nSPS) is 11.4. The standard InChI is InChI=1S/C14H15N3O2S/c1-8(2)13-10(14(18)19)7-15-11(17-13)4-5-12-16-6-9(3)20-12/h4-8H,1-3H3,(H,18,19). The largest absolute Gasteiger partial charge is 0.478 e. The fraction of sp³-hybridized carbons (Fsp3) is 0.286. The third kappa shape index (κ3) is 3.27. The maximum Gasteiger partial charge on any atom is 0.339 e. The molecule has 2 heterocycles. The van der Waals surface area contributed by atoms with Crippen LogP contribution in [0.15, 0.2) is 12.4 Å². The van der Waals surface area contributed by atoms with Crippen LogP contribution in [0.5, 0.6) is 0 Å². The lowest BCUT2D eigenvalue weighted by atomic mass is 10.1. The van der Waals surface area contributed by atoms with Crippen LogP contribution in [-0.2, 0) is 0 Å². The summed E-state index contributed by atoms with van der Waals surface area (Å²) in [7, 11) is 0. The van der Waals surface area contributed by atoms with Gasteiger partial charge in [-0.1, -0.05) is 13.8 Å². The van der Waals surface area contributed by atoms with E-state index in [4.69, 9.17) is 5.11 Å². The van der Waals surface area contributed by atoms with E-state index in [1.807, 2.05) is 26.8 Å². The number of carboxylic acids is 1. The highest BCUT2D eigenvalue weighted by atomic mass is 32.1. The van der Waals surface area contributed by atoms with Crippen molar-refractivity contribution in [2.75, 3.05) is 0 Å². The first-order valence-electron chi connectivity index (χ1n) is 6.18. The summed E-state index contributed by atoms with van der Waals surface area (Å²) in [6.45, 7) is 5.81. The van der Waals surface area contributed by atoms with E-state index in [0.717, 1.165) is 9.88 Å². The highest BCUT2D eigenvalue weighted by molar-refractivity contribution is 7.12. The van der Waals surface area contributed by atoms with Crippen LogP contribution in [0, 0.1) is 6.92 Å². The number of carbonyl (C=O) groups is 1. The van der Waals surface area contributed by atoms with E-state index in [2.05, 4.69) is 15.0 Å². The van der Waals surface area contributed by atoms with Crippen LogP contribution in [0.4, 0.5) is 0 Å². The van der Waals surface area contributed by atoms with E-state index in [1.54, 1.807) is 23.6 Å². The minimum atomic E-state index is -1.00. The molecule has 6 heteroatoms. The molecule has 0 bridgehead atoms. The van der Waals surface area contributed by atoms with Crippen molar-refractivity contribution in [3.05, 3.63) is 39.4 Å². The lowest BCUT2D eigenvalue weighted by Gasteiger charge is -2.08. The second kappa shape index (κ2) is 5.92. The predicted molar refractivity (Wildman–Crippen MR) is 78.9 cm³/mol. The Labute approximate surface area is 121 Å². The maximum absolute atomic E-state index is 11.1. The minimum Gasteiger partial charge on any atom is -0.478 e. The van der Waals surface area contributed by atoms with Crippen molar-refractivity contribution < 1.29 is 9.90 Å². The molecule has 0 aliphatic carbocycles. The van der Waals surface area contributed by atoms with Crippen molar-refractivity contribution >= 4 is 29.5 Å². The summed E-state index contributed by atoms with van der Waals surface area (Å²) in [6, 6.07) is 0. The Hall–Kier alpha value is -2.08. The Morgan fingerprint density at radius 3 is 2.60 bits per heavy atom. The molecule has 2 aromatic heterocycles. The maximum atomic E-state index is 11.1. The number of thiazole rings is 1. The smallest absolute Gasteiger partial charge is 0.339 e.